The second-order valence-corrected chi connectivity index (χ2v) is 30.2. The van der Waals surface area contributed by atoms with Gasteiger partial charge in [-0.05, 0) is 154 Å². The molecule has 11 aromatic rings. The molecule has 13 rings (SSSR count). The van der Waals surface area contributed by atoms with Crippen LogP contribution < -0.4 is 28.4 Å². The van der Waals surface area contributed by atoms with E-state index in [1.807, 2.05) is 111 Å². The van der Waals surface area contributed by atoms with Gasteiger partial charge in [0, 0.05) is 43.1 Å². The average Bonchev–Trinajstić information content (AvgIpc) is 0.671. The van der Waals surface area contributed by atoms with Gasteiger partial charge >= 0.3 is 11.9 Å². The van der Waals surface area contributed by atoms with Crippen molar-refractivity contribution in [2.75, 3.05) is 0 Å². The minimum Gasteiger partial charge on any atom is -0.457 e. The zero-order valence-electron chi connectivity index (χ0n) is 59.1. The molecular formula is C86H82N2O12. The van der Waals surface area contributed by atoms with Gasteiger partial charge in [0.05, 0.1) is 22.3 Å². The number of carbonyl (C=O) groups excluding carboxylic acids is 6. The van der Waals surface area contributed by atoms with Crippen LogP contribution in [-0.2, 0) is 31.2 Å². The van der Waals surface area contributed by atoms with Crippen molar-refractivity contribution in [3.05, 3.63) is 226 Å². The molecule has 2 heterocycles. The molecule has 4 amide bonds. The van der Waals surface area contributed by atoms with E-state index >= 15 is 19.2 Å². The molecule has 2 aliphatic heterocycles. The second kappa shape index (κ2) is 25.8. The van der Waals surface area contributed by atoms with Gasteiger partial charge in [-0.3, -0.25) is 29.0 Å². The van der Waals surface area contributed by atoms with E-state index in [1.165, 1.54) is 0 Å². The number of rotatable bonds is 18. The van der Waals surface area contributed by atoms with Gasteiger partial charge in [0.1, 0.15) is 69.6 Å². The predicted octanol–water partition coefficient (Wildman–Crippen LogP) is 20.8. The third-order valence-electron chi connectivity index (χ3n) is 19.0. The van der Waals surface area contributed by atoms with Crippen molar-refractivity contribution in [3.8, 4) is 57.5 Å². The molecule has 2 atom stereocenters. The van der Waals surface area contributed by atoms with Crippen molar-refractivity contribution in [2.45, 2.75) is 156 Å². The van der Waals surface area contributed by atoms with Crippen LogP contribution in [-0.4, -0.2) is 57.5 Å². The van der Waals surface area contributed by atoms with Crippen LogP contribution in [0.4, 0.5) is 0 Å². The largest absolute Gasteiger partial charge is 0.457 e. The first kappa shape index (κ1) is 67.7. The van der Waals surface area contributed by atoms with Crippen LogP contribution in [0.2, 0.25) is 0 Å². The Kier molecular flexibility index (Phi) is 17.4. The van der Waals surface area contributed by atoms with Crippen LogP contribution in [0.3, 0.4) is 0 Å². The predicted molar refractivity (Wildman–Crippen MR) is 391 cm³/mol. The van der Waals surface area contributed by atoms with Crippen molar-refractivity contribution >= 4 is 78.7 Å². The first-order valence-electron chi connectivity index (χ1n) is 34.3. The van der Waals surface area contributed by atoms with Crippen molar-refractivity contribution in [3.63, 3.8) is 0 Å². The van der Waals surface area contributed by atoms with Gasteiger partial charge in [-0.1, -0.05) is 195 Å². The average molecular weight is 1340 g/mol. The molecular weight excluding hydrogens is 1250 g/mol. The molecule has 0 spiro atoms. The monoisotopic (exact) mass is 1330 g/mol. The van der Waals surface area contributed by atoms with Gasteiger partial charge in [-0.15, -0.1) is 0 Å². The molecule has 11 aromatic carbocycles. The van der Waals surface area contributed by atoms with Crippen LogP contribution >= 0.6 is 0 Å². The Balaban J connectivity index is 1.20. The Morgan fingerprint density at radius 1 is 0.310 bits per heavy atom. The molecule has 0 saturated carbocycles. The SMILES string of the molecule is CCCC(C(=O)Oc1ccccc1)N1C(=O)c2cc(Oc3ccc(C(C)(C)C)cc3)c3c4c(Oc5ccc(C(C)(C)C)cc5)cc5c6c(cc(Oc7ccc(C(C)(C)C)cc7)c(c7c(Oc8ccc(C(C)(C)C)cc8)cc(c2c37)C1=O)c64)C(=O)N(C(CCC)C(=O)Oc1ccccc1)C5=O. The summed E-state index contributed by atoms with van der Waals surface area (Å²) in [7, 11) is 0. The fourth-order valence-corrected chi connectivity index (χ4v) is 13.6. The molecule has 2 aliphatic rings. The van der Waals surface area contributed by atoms with Gasteiger partial charge < -0.3 is 28.4 Å². The van der Waals surface area contributed by atoms with E-state index in [-0.39, 0.29) is 102 Å². The molecule has 0 saturated heterocycles. The van der Waals surface area contributed by atoms with E-state index in [9.17, 15) is 9.59 Å². The van der Waals surface area contributed by atoms with Crippen LogP contribution in [0, 0.1) is 0 Å². The maximum atomic E-state index is 16.3. The zero-order chi connectivity index (χ0) is 71.1. The van der Waals surface area contributed by atoms with Gasteiger partial charge in [0.2, 0.25) is 0 Å². The number of esters is 2. The summed E-state index contributed by atoms with van der Waals surface area (Å²) in [6, 6.07) is 51.2. The lowest BCUT2D eigenvalue weighted by molar-refractivity contribution is -0.139. The molecule has 14 nitrogen and oxygen atoms in total. The summed E-state index contributed by atoms with van der Waals surface area (Å²) >= 11 is 0. The lowest BCUT2D eigenvalue weighted by Gasteiger charge is -2.35. The standard InChI is InChI=1S/C86H82N2O12/c1-15-23-63(81(93)99-53-25-19-17-20-26-53)87-77(89)59-45-65(95-55-37-29-49(30-38-55)83(3,4)5)71-73-67(97-57-41-33-51(34-42-57)85(9,10)11)47-61-70-62(80(92)88(79(61)91)64(24-16-2)82(94)100-54-27-21-18-22-28-54)48-68(98-58-43-35-52(36-44-58)86(12,13)14)74(76(70)73)72-66(46-60(78(87)90)69(59)75(71)72)96-56-39-31-50(32-40-56)84(6,7)8/h17-22,25-48,63-64H,15-16,23-24H2,1-14H3. The smallest absolute Gasteiger partial charge is 0.334 e. The summed E-state index contributed by atoms with van der Waals surface area (Å²) in [5.41, 5.74) is 3.16. The summed E-state index contributed by atoms with van der Waals surface area (Å²) in [5.74, 6) is -2.40. The highest BCUT2D eigenvalue weighted by atomic mass is 16.5. The number of amides is 4. The summed E-state index contributed by atoms with van der Waals surface area (Å²) in [6.07, 6.45) is 0.888. The van der Waals surface area contributed by atoms with Crippen LogP contribution in [0.25, 0.3) is 43.1 Å². The first-order valence-corrected chi connectivity index (χ1v) is 34.3. The lowest BCUT2D eigenvalue weighted by Crippen LogP contribution is -2.51. The van der Waals surface area contributed by atoms with Gasteiger partial charge in [0.15, 0.2) is 0 Å². The third-order valence-corrected chi connectivity index (χ3v) is 19.0. The van der Waals surface area contributed by atoms with Gasteiger partial charge in [0.25, 0.3) is 23.6 Å². The molecule has 0 aromatic heterocycles. The van der Waals surface area contributed by atoms with Crippen molar-refractivity contribution in [1.82, 2.24) is 9.80 Å². The van der Waals surface area contributed by atoms with E-state index in [1.54, 1.807) is 84.9 Å². The number of para-hydroxylation sites is 2. The minimum atomic E-state index is -1.40. The Bertz CT molecular complexity index is 4490. The maximum absolute atomic E-state index is 16.3. The number of imide groups is 2. The molecule has 0 radical (unpaired) electrons. The molecule has 0 fully saturated rings. The number of fused-ring (bicyclic) bond motifs is 2. The second-order valence-electron chi connectivity index (χ2n) is 30.2. The molecule has 14 heteroatoms. The first-order chi connectivity index (χ1) is 47.5. The molecule has 0 N–H and O–H groups in total. The van der Waals surface area contributed by atoms with Crippen molar-refractivity contribution < 1.29 is 57.2 Å². The minimum absolute atomic E-state index is 0.0190. The van der Waals surface area contributed by atoms with E-state index in [4.69, 9.17) is 28.4 Å². The fraction of sp³-hybridized carbons (Fsp3) is 0.279. The molecule has 2 unspecified atom stereocenters. The number of hydrogen-bond donors (Lipinski definition) is 0. The normalized spacial score (nSPS) is 14.1. The highest BCUT2D eigenvalue weighted by Gasteiger charge is 2.47. The topological polar surface area (TPSA) is 164 Å². The number of hydrogen-bond acceptors (Lipinski definition) is 12. The van der Waals surface area contributed by atoms with E-state index in [0.717, 1.165) is 32.1 Å². The zero-order valence-corrected chi connectivity index (χ0v) is 59.1. The van der Waals surface area contributed by atoms with Crippen LogP contribution in [0.1, 0.15) is 186 Å². The number of ether oxygens (including phenoxy) is 6. The Morgan fingerprint density at radius 2 is 0.540 bits per heavy atom. The maximum Gasteiger partial charge on any atom is 0.334 e. The summed E-state index contributed by atoms with van der Waals surface area (Å²) in [6.45, 7) is 29.1. The van der Waals surface area contributed by atoms with E-state index in [2.05, 4.69) is 83.1 Å². The molecule has 508 valence electrons. The Hall–Kier alpha value is -10.9. The van der Waals surface area contributed by atoms with Gasteiger partial charge in [-0.25, -0.2) is 9.59 Å². The summed E-state index contributed by atoms with van der Waals surface area (Å²) in [5, 5.41) is 2.23. The lowest BCUT2D eigenvalue weighted by atomic mass is 9.80. The van der Waals surface area contributed by atoms with Crippen LogP contribution in [0.15, 0.2) is 182 Å². The number of benzene rings is 11. The fourth-order valence-electron chi connectivity index (χ4n) is 13.6. The summed E-state index contributed by atoms with van der Waals surface area (Å²) in [4.78, 5) is 96.6. The number of carbonyl (C=O) groups is 6. The van der Waals surface area contributed by atoms with Crippen molar-refractivity contribution in [1.29, 1.82) is 0 Å². The molecule has 0 aliphatic carbocycles. The Labute approximate surface area is 583 Å². The molecule has 100 heavy (non-hydrogen) atoms. The van der Waals surface area contributed by atoms with Crippen molar-refractivity contribution in [2.24, 2.45) is 0 Å². The number of nitrogens with zero attached hydrogens (tertiary/aromatic N) is 2. The highest BCUT2D eigenvalue weighted by molar-refractivity contribution is 6.45. The quantitative estimate of drug-likeness (QED) is 0.0263. The van der Waals surface area contributed by atoms with Gasteiger partial charge in [-0.2, -0.15) is 0 Å². The van der Waals surface area contributed by atoms with E-state index in [0.29, 0.717) is 68.2 Å². The molecule has 0 bridgehead atoms. The summed E-state index contributed by atoms with van der Waals surface area (Å²) < 4.78 is 41.3. The third kappa shape index (κ3) is 12.5. The highest BCUT2D eigenvalue weighted by Crippen LogP contribution is 2.58. The Morgan fingerprint density at radius 3 is 0.750 bits per heavy atom. The van der Waals surface area contributed by atoms with Crippen LogP contribution in [0.5, 0.6) is 57.5 Å². The van der Waals surface area contributed by atoms with E-state index < -0.39 is 47.7 Å².